The largest absolute Gasteiger partial charge is 0.424 e. The third-order valence-electron chi connectivity index (χ3n) is 1.77. The van der Waals surface area contributed by atoms with Gasteiger partial charge in [0.25, 0.3) is 0 Å². The number of rotatable bonds is 1. The van der Waals surface area contributed by atoms with Crippen LogP contribution in [0.5, 0.6) is 0 Å². The lowest BCUT2D eigenvalue weighted by atomic mass is 10.2. The van der Waals surface area contributed by atoms with E-state index in [1.165, 1.54) is 0 Å². The molecule has 13 heavy (non-hydrogen) atoms. The molecule has 0 unspecified atom stereocenters. The molecule has 1 aromatic carbocycles. The third kappa shape index (κ3) is 1.27. The van der Waals surface area contributed by atoms with Gasteiger partial charge in [0.1, 0.15) is 0 Å². The number of fused-ring (bicyclic) bond motifs is 1. The predicted molar refractivity (Wildman–Crippen MR) is 51.0 cm³/mol. The number of thiazole rings is 1. The van der Waals surface area contributed by atoms with Crippen molar-refractivity contribution in [1.29, 1.82) is 0 Å². The molecule has 0 saturated heterocycles. The fourth-order valence-electron chi connectivity index (χ4n) is 1.15. The zero-order chi connectivity index (χ0) is 9.42. The summed E-state index contributed by atoms with van der Waals surface area (Å²) in [4.78, 5) is 13.9. The molecule has 0 aliphatic carbocycles. The summed E-state index contributed by atoms with van der Waals surface area (Å²) >= 11 is 1.11. The Balaban J connectivity index is 2.75. The Kier molecular flexibility index (Phi) is 1.73. The molecule has 1 heterocycles. The highest BCUT2D eigenvalue weighted by atomic mass is 32.1. The van der Waals surface area contributed by atoms with Crippen LogP contribution in [-0.4, -0.2) is 9.91 Å². The van der Waals surface area contributed by atoms with Crippen molar-refractivity contribution in [3.63, 3.8) is 0 Å². The van der Waals surface area contributed by atoms with E-state index in [4.69, 9.17) is 0 Å². The van der Waals surface area contributed by atoms with Gasteiger partial charge in [0.05, 0.1) is 4.70 Å². The maximum atomic E-state index is 10.4. The van der Waals surface area contributed by atoms with E-state index >= 15 is 0 Å². The SMILES string of the molecule is Cc1cccc2sc([N+](=O)[O-])nc12. The summed E-state index contributed by atoms with van der Waals surface area (Å²) in [5.41, 5.74) is 1.71. The van der Waals surface area contributed by atoms with Crippen molar-refractivity contribution < 1.29 is 4.92 Å². The van der Waals surface area contributed by atoms with Crippen molar-refractivity contribution in [3.05, 3.63) is 33.9 Å². The molecule has 0 fully saturated rings. The smallest absolute Gasteiger partial charge is 0.357 e. The summed E-state index contributed by atoms with van der Waals surface area (Å²) in [6, 6.07) is 5.61. The van der Waals surface area contributed by atoms with Gasteiger partial charge in [-0.1, -0.05) is 12.1 Å². The molecule has 0 aliphatic rings. The van der Waals surface area contributed by atoms with Gasteiger partial charge in [-0.3, -0.25) is 0 Å². The molecule has 66 valence electrons. The molecular weight excluding hydrogens is 188 g/mol. The zero-order valence-electron chi connectivity index (χ0n) is 6.85. The minimum Gasteiger partial charge on any atom is -0.357 e. The Labute approximate surface area is 78.0 Å². The van der Waals surface area contributed by atoms with Crippen LogP contribution in [0.4, 0.5) is 5.13 Å². The van der Waals surface area contributed by atoms with Gasteiger partial charge in [0, 0.05) is 5.56 Å². The first-order chi connectivity index (χ1) is 6.18. The Morgan fingerprint density at radius 3 is 2.92 bits per heavy atom. The molecule has 0 radical (unpaired) electrons. The topological polar surface area (TPSA) is 56.0 Å². The number of para-hydroxylation sites is 1. The molecule has 4 nitrogen and oxygen atoms in total. The predicted octanol–water partition coefficient (Wildman–Crippen LogP) is 2.51. The van der Waals surface area contributed by atoms with Crippen molar-refractivity contribution in [1.82, 2.24) is 4.98 Å². The molecule has 0 amide bonds. The summed E-state index contributed by atoms with van der Waals surface area (Å²) in [7, 11) is 0. The summed E-state index contributed by atoms with van der Waals surface area (Å²) in [6.45, 7) is 1.89. The fraction of sp³-hybridized carbons (Fsp3) is 0.125. The van der Waals surface area contributed by atoms with E-state index in [1.54, 1.807) is 0 Å². The van der Waals surface area contributed by atoms with Crippen LogP contribution in [0.1, 0.15) is 5.56 Å². The Bertz CT molecular complexity index is 478. The lowest BCUT2D eigenvalue weighted by Gasteiger charge is -1.85. The van der Waals surface area contributed by atoms with E-state index in [0.717, 1.165) is 27.1 Å². The number of aromatic nitrogens is 1. The fourth-order valence-corrected chi connectivity index (χ4v) is 2.01. The highest BCUT2D eigenvalue weighted by molar-refractivity contribution is 7.21. The minimum atomic E-state index is -0.454. The number of hydrogen-bond acceptors (Lipinski definition) is 4. The summed E-state index contributed by atoms with van der Waals surface area (Å²) in [5, 5.41) is 10.4. The van der Waals surface area contributed by atoms with Gasteiger partial charge in [-0.25, -0.2) is 0 Å². The second-order valence-corrected chi connectivity index (χ2v) is 3.68. The quantitative estimate of drug-likeness (QED) is 0.517. The van der Waals surface area contributed by atoms with Crippen molar-refractivity contribution >= 4 is 26.7 Å². The second-order valence-electron chi connectivity index (χ2n) is 2.68. The number of hydrogen-bond donors (Lipinski definition) is 0. The van der Waals surface area contributed by atoms with Gasteiger partial charge in [-0.15, -0.1) is 0 Å². The number of nitrogens with zero attached hydrogens (tertiary/aromatic N) is 2. The van der Waals surface area contributed by atoms with Gasteiger partial charge in [-0.05, 0) is 34.2 Å². The Morgan fingerprint density at radius 1 is 1.54 bits per heavy atom. The lowest BCUT2D eigenvalue weighted by molar-refractivity contribution is -0.384. The van der Waals surface area contributed by atoms with E-state index in [2.05, 4.69) is 4.98 Å². The van der Waals surface area contributed by atoms with Crippen LogP contribution >= 0.6 is 11.3 Å². The molecule has 0 atom stereocenters. The number of benzene rings is 1. The summed E-state index contributed by atoms with van der Waals surface area (Å²) in [6.07, 6.45) is 0. The van der Waals surface area contributed by atoms with E-state index in [-0.39, 0.29) is 5.13 Å². The van der Waals surface area contributed by atoms with Crippen molar-refractivity contribution in [2.45, 2.75) is 6.92 Å². The number of nitro groups is 1. The van der Waals surface area contributed by atoms with Gasteiger partial charge in [-0.2, -0.15) is 0 Å². The molecular formula is C8H6N2O2S. The highest BCUT2D eigenvalue weighted by Gasteiger charge is 2.15. The molecule has 1 aromatic heterocycles. The van der Waals surface area contributed by atoms with Crippen LogP contribution in [0.2, 0.25) is 0 Å². The molecule has 2 rings (SSSR count). The average Bonchev–Trinajstić information content (AvgIpc) is 2.49. The lowest BCUT2D eigenvalue weighted by Crippen LogP contribution is -1.85. The van der Waals surface area contributed by atoms with Gasteiger partial charge < -0.3 is 10.1 Å². The van der Waals surface area contributed by atoms with Crippen LogP contribution in [0.3, 0.4) is 0 Å². The van der Waals surface area contributed by atoms with Crippen molar-refractivity contribution in [3.8, 4) is 0 Å². The van der Waals surface area contributed by atoms with E-state index in [0.29, 0.717) is 0 Å². The highest BCUT2D eigenvalue weighted by Crippen LogP contribution is 2.28. The van der Waals surface area contributed by atoms with Gasteiger partial charge >= 0.3 is 5.13 Å². The summed E-state index contributed by atoms with van der Waals surface area (Å²) in [5.74, 6) is 0. The molecule has 0 spiro atoms. The van der Waals surface area contributed by atoms with Crippen LogP contribution in [0, 0.1) is 17.0 Å². The molecule has 5 heteroatoms. The first kappa shape index (κ1) is 8.12. The van der Waals surface area contributed by atoms with Crippen LogP contribution in [0.15, 0.2) is 18.2 Å². The molecule has 0 saturated carbocycles. The zero-order valence-corrected chi connectivity index (χ0v) is 7.67. The Hall–Kier alpha value is -1.49. The standard InChI is InChI=1S/C8H6N2O2S/c1-5-3-2-4-6-7(5)9-8(13-6)10(11)12/h2-4H,1H3. The average molecular weight is 194 g/mol. The first-order valence-corrected chi connectivity index (χ1v) is 4.50. The van der Waals surface area contributed by atoms with Crippen LogP contribution < -0.4 is 0 Å². The first-order valence-electron chi connectivity index (χ1n) is 3.69. The van der Waals surface area contributed by atoms with Crippen molar-refractivity contribution in [2.24, 2.45) is 0 Å². The maximum Gasteiger partial charge on any atom is 0.424 e. The second kappa shape index (κ2) is 2.77. The molecule has 0 bridgehead atoms. The molecule has 2 aromatic rings. The van der Waals surface area contributed by atoms with Crippen LogP contribution in [0.25, 0.3) is 10.2 Å². The molecule has 0 aliphatic heterocycles. The van der Waals surface area contributed by atoms with E-state index < -0.39 is 4.92 Å². The van der Waals surface area contributed by atoms with Gasteiger partial charge in [0.2, 0.25) is 0 Å². The maximum absolute atomic E-state index is 10.4. The molecule has 0 N–H and O–H groups in total. The summed E-state index contributed by atoms with van der Waals surface area (Å²) < 4.78 is 0.867. The minimum absolute atomic E-state index is 0.0377. The normalized spacial score (nSPS) is 10.5. The monoisotopic (exact) mass is 194 g/mol. The third-order valence-corrected chi connectivity index (χ3v) is 2.74. The van der Waals surface area contributed by atoms with Crippen LogP contribution in [-0.2, 0) is 0 Å². The van der Waals surface area contributed by atoms with E-state index in [9.17, 15) is 10.1 Å². The van der Waals surface area contributed by atoms with Gasteiger partial charge in [0.15, 0.2) is 5.52 Å². The van der Waals surface area contributed by atoms with Crippen molar-refractivity contribution in [2.75, 3.05) is 0 Å². The number of aryl methyl sites for hydroxylation is 1. The van der Waals surface area contributed by atoms with E-state index in [1.807, 2.05) is 25.1 Å². The Morgan fingerprint density at radius 2 is 2.31 bits per heavy atom.